The molecule has 0 aliphatic rings. The summed E-state index contributed by atoms with van der Waals surface area (Å²) >= 11 is 0. The molecule has 126 valence electrons. The van der Waals surface area contributed by atoms with Gasteiger partial charge in [0.25, 0.3) is 5.91 Å². The monoisotopic (exact) mass is 318 g/mol. The lowest BCUT2D eigenvalue weighted by molar-refractivity contribution is 0.0719. The summed E-state index contributed by atoms with van der Waals surface area (Å²) in [5, 5.41) is 13.7. The third-order valence-corrected chi connectivity index (χ3v) is 3.97. The van der Waals surface area contributed by atoms with Gasteiger partial charge in [-0.3, -0.25) is 4.79 Å². The number of fused-ring (bicyclic) bond motifs is 1. The number of nitrogens with zero attached hydrogens (tertiary/aromatic N) is 4. The Balaban J connectivity index is 2.40. The quantitative estimate of drug-likeness (QED) is 0.795. The molecule has 0 bridgehead atoms. The molecular formula is C17H26N4O2. The summed E-state index contributed by atoms with van der Waals surface area (Å²) in [6, 6.07) is 1.94. The third kappa shape index (κ3) is 3.69. The van der Waals surface area contributed by atoms with Crippen molar-refractivity contribution < 1.29 is 9.90 Å². The SMILES string of the molecule is CCCCCN(CCO)C(=O)c1c(C)nn2c(C)cc(C)nc12. The second kappa shape index (κ2) is 7.55. The Labute approximate surface area is 137 Å². The molecule has 23 heavy (non-hydrogen) atoms. The van der Waals surface area contributed by atoms with E-state index < -0.39 is 0 Å². The minimum absolute atomic E-state index is 0.0401. The van der Waals surface area contributed by atoms with E-state index in [-0.39, 0.29) is 12.5 Å². The molecule has 0 saturated carbocycles. The zero-order valence-electron chi connectivity index (χ0n) is 14.5. The molecule has 2 heterocycles. The summed E-state index contributed by atoms with van der Waals surface area (Å²) in [5.74, 6) is -0.0971. The molecule has 0 unspecified atom stereocenters. The molecule has 6 nitrogen and oxygen atoms in total. The van der Waals surface area contributed by atoms with Gasteiger partial charge in [-0.25, -0.2) is 9.50 Å². The van der Waals surface area contributed by atoms with Gasteiger partial charge in [-0.1, -0.05) is 19.8 Å². The van der Waals surface area contributed by atoms with Gasteiger partial charge >= 0.3 is 0 Å². The first-order valence-electron chi connectivity index (χ1n) is 8.23. The number of rotatable bonds is 7. The standard InChI is InChI=1S/C17H26N4O2/c1-5-6-7-8-20(9-10-22)17(23)15-14(4)19-21-13(3)11-12(2)18-16(15)21/h11,22H,5-10H2,1-4H3. The molecule has 0 aliphatic heterocycles. The number of aliphatic hydroxyl groups excluding tert-OH is 1. The number of carbonyl (C=O) groups excluding carboxylic acids is 1. The Morgan fingerprint density at radius 1 is 1.26 bits per heavy atom. The lowest BCUT2D eigenvalue weighted by Crippen LogP contribution is -2.35. The summed E-state index contributed by atoms with van der Waals surface area (Å²) in [6.45, 7) is 8.77. The van der Waals surface area contributed by atoms with Crippen LogP contribution in [0.4, 0.5) is 0 Å². The van der Waals surface area contributed by atoms with Gasteiger partial charge in [-0.2, -0.15) is 5.10 Å². The second-order valence-corrected chi connectivity index (χ2v) is 5.96. The van der Waals surface area contributed by atoms with Gasteiger partial charge in [0.1, 0.15) is 5.56 Å². The maximum Gasteiger partial charge on any atom is 0.259 e. The smallest absolute Gasteiger partial charge is 0.259 e. The van der Waals surface area contributed by atoms with Crippen molar-refractivity contribution in [3.05, 3.63) is 28.7 Å². The van der Waals surface area contributed by atoms with Gasteiger partial charge < -0.3 is 10.0 Å². The van der Waals surface area contributed by atoms with Gasteiger partial charge in [0, 0.05) is 24.5 Å². The lowest BCUT2D eigenvalue weighted by atomic mass is 10.2. The fourth-order valence-corrected chi connectivity index (χ4v) is 2.82. The van der Waals surface area contributed by atoms with Crippen LogP contribution in [0, 0.1) is 20.8 Å². The number of aryl methyl sites for hydroxylation is 3. The average Bonchev–Trinajstić information content (AvgIpc) is 2.82. The van der Waals surface area contributed by atoms with Gasteiger partial charge in [-0.05, 0) is 33.3 Å². The predicted molar refractivity (Wildman–Crippen MR) is 89.7 cm³/mol. The molecule has 0 atom stereocenters. The first-order valence-corrected chi connectivity index (χ1v) is 8.23. The largest absolute Gasteiger partial charge is 0.395 e. The van der Waals surface area contributed by atoms with Gasteiger partial charge in [-0.15, -0.1) is 0 Å². The van der Waals surface area contributed by atoms with E-state index in [9.17, 15) is 9.90 Å². The molecule has 2 aromatic heterocycles. The summed E-state index contributed by atoms with van der Waals surface area (Å²) in [7, 11) is 0. The van der Waals surface area contributed by atoms with Crippen LogP contribution in [0.1, 0.15) is 53.6 Å². The van der Waals surface area contributed by atoms with E-state index in [4.69, 9.17) is 0 Å². The summed E-state index contributed by atoms with van der Waals surface area (Å²) in [5.41, 5.74) is 3.64. The average molecular weight is 318 g/mol. The van der Waals surface area contributed by atoms with E-state index in [1.54, 1.807) is 9.42 Å². The fraction of sp³-hybridized carbons (Fsp3) is 0.588. The highest BCUT2D eigenvalue weighted by atomic mass is 16.3. The second-order valence-electron chi connectivity index (χ2n) is 5.96. The molecule has 2 aromatic rings. The van der Waals surface area contributed by atoms with Crippen molar-refractivity contribution >= 4 is 11.6 Å². The zero-order valence-corrected chi connectivity index (χ0v) is 14.5. The Bertz CT molecular complexity index is 693. The molecule has 0 spiro atoms. The van der Waals surface area contributed by atoms with Crippen LogP contribution in [-0.4, -0.2) is 50.2 Å². The summed E-state index contributed by atoms with van der Waals surface area (Å²) in [6.07, 6.45) is 3.10. The maximum absolute atomic E-state index is 13.0. The normalized spacial score (nSPS) is 11.2. The molecule has 0 aliphatic carbocycles. The van der Waals surface area contributed by atoms with Gasteiger partial charge in [0.05, 0.1) is 12.3 Å². The molecule has 0 radical (unpaired) electrons. The minimum Gasteiger partial charge on any atom is -0.395 e. The number of hydrogen-bond acceptors (Lipinski definition) is 4. The van der Waals surface area contributed by atoms with Crippen molar-refractivity contribution in [1.29, 1.82) is 0 Å². The highest BCUT2D eigenvalue weighted by Gasteiger charge is 2.24. The van der Waals surface area contributed by atoms with Crippen LogP contribution in [0.15, 0.2) is 6.07 Å². The predicted octanol–water partition coefficient (Wildman–Crippen LogP) is 2.28. The summed E-state index contributed by atoms with van der Waals surface area (Å²) < 4.78 is 1.72. The molecule has 1 amide bonds. The van der Waals surface area contributed by atoms with Crippen molar-refractivity contribution in [1.82, 2.24) is 19.5 Å². The number of aliphatic hydroxyl groups is 1. The van der Waals surface area contributed by atoms with Gasteiger partial charge in [0.15, 0.2) is 5.65 Å². The van der Waals surface area contributed by atoms with E-state index in [1.165, 1.54) is 0 Å². The summed E-state index contributed by atoms with van der Waals surface area (Å²) in [4.78, 5) is 19.2. The van der Waals surface area contributed by atoms with Crippen molar-refractivity contribution in [2.75, 3.05) is 19.7 Å². The number of hydrogen-bond donors (Lipinski definition) is 1. The van der Waals surface area contributed by atoms with E-state index in [0.717, 1.165) is 30.7 Å². The Morgan fingerprint density at radius 3 is 2.65 bits per heavy atom. The molecule has 2 rings (SSSR count). The number of aromatic nitrogens is 3. The highest BCUT2D eigenvalue weighted by Crippen LogP contribution is 2.18. The van der Waals surface area contributed by atoms with Crippen LogP contribution in [0.2, 0.25) is 0 Å². The molecule has 6 heteroatoms. The van der Waals surface area contributed by atoms with Crippen LogP contribution >= 0.6 is 0 Å². The van der Waals surface area contributed by atoms with Crippen LogP contribution < -0.4 is 0 Å². The Hall–Kier alpha value is -1.95. The lowest BCUT2D eigenvalue weighted by Gasteiger charge is -2.21. The van der Waals surface area contributed by atoms with Gasteiger partial charge in [0.2, 0.25) is 0 Å². The number of amides is 1. The van der Waals surface area contributed by atoms with E-state index in [2.05, 4.69) is 17.0 Å². The van der Waals surface area contributed by atoms with Crippen LogP contribution in [0.5, 0.6) is 0 Å². The molecule has 1 N–H and O–H groups in total. The molecule has 0 aromatic carbocycles. The topological polar surface area (TPSA) is 70.7 Å². The van der Waals surface area contributed by atoms with E-state index in [1.807, 2.05) is 26.8 Å². The Kier molecular flexibility index (Phi) is 5.71. The fourth-order valence-electron chi connectivity index (χ4n) is 2.82. The van der Waals surface area contributed by atoms with Crippen LogP contribution in [0.3, 0.4) is 0 Å². The number of unbranched alkanes of at least 4 members (excludes halogenated alkanes) is 2. The van der Waals surface area contributed by atoms with Crippen molar-refractivity contribution in [3.8, 4) is 0 Å². The third-order valence-electron chi connectivity index (χ3n) is 3.97. The first kappa shape index (κ1) is 17.4. The molecule has 0 fully saturated rings. The molecule has 0 saturated heterocycles. The van der Waals surface area contributed by atoms with Crippen LogP contribution in [-0.2, 0) is 0 Å². The number of carbonyl (C=O) groups is 1. The zero-order chi connectivity index (χ0) is 17.0. The van der Waals surface area contributed by atoms with E-state index >= 15 is 0 Å². The first-order chi connectivity index (χ1) is 11.0. The van der Waals surface area contributed by atoms with Crippen molar-refractivity contribution in [3.63, 3.8) is 0 Å². The molecular weight excluding hydrogens is 292 g/mol. The Morgan fingerprint density at radius 2 is 2.00 bits per heavy atom. The highest BCUT2D eigenvalue weighted by molar-refractivity contribution is 6.01. The van der Waals surface area contributed by atoms with Crippen LogP contribution in [0.25, 0.3) is 5.65 Å². The van der Waals surface area contributed by atoms with Crippen molar-refractivity contribution in [2.24, 2.45) is 0 Å². The maximum atomic E-state index is 13.0. The minimum atomic E-state index is -0.0971. The van der Waals surface area contributed by atoms with E-state index in [0.29, 0.717) is 30.0 Å². The van der Waals surface area contributed by atoms with Crippen molar-refractivity contribution in [2.45, 2.75) is 47.0 Å².